The summed E-state index contributed by atoms with van der Waals surface area (Å²) in [5.74, 6) is 0.553. The Morgan fingerprint density at radius 3 is 2.50 bits per heavy atom. The van der Waals surface area contributed by atoms with Crippen LogP contribution in [0.5, 0.6) is 0 Å². The highest BCUT2D eigenvalue weighted by Gasteiger charge is 2.20. The Morgan fingerprint density at radius 1 is 1.17 bits per heavy atom. The summed E-state index contributed by atoms with van der Waals surface area (Å²) >= 11 is 0. The minimum atomic E-state index is 0.275. The lowest BCUT2D eigenvalue weighted by Crippen LogP contribution is -2.17. The zero-order valence-corrected chi connectivity index (χ0v) is 7.58. The number of fused-ring (bicyclic) bond motifs is 1. The lowest BCUT2D eigenvalue weighted by Gasteiger charge is -2.27. The summed E-state index contributed by atoms with van der Waals surface area (Å²) in [5.41, 5.74) is 2.81. The molecule has 0 fully saturated rings. The Bertz CT molecular complexity index is 251. The van der Waals surface area contributed by atoms with Crippen molar-refractivity contribution < 1.29 is 4.74 Å². The van der Waals surface area contributed by atoms with E-state index in [2.05, 4.69) is 38.1 Å². The van der Waals surface area contributed by atoms with Crippen molar-refractivity contribution in [2.75, 3.05) is 6.61 Å². The van der Waals surface area contributed by atoms with Gasteiger partial charge in [0.15, 0.2) is 0 Å². The van der Waals surface area contributed by atoms with E-state index >= 15 is 0 Å². The minimum Gasteiger partial charge on any atom is -0.373 e. The van der Waals surface area contributed by atoms with Crippen LogP contribution in [0.3, 0.4) is 0 Å². The van der Waals surface area contributed by atoms with Gasteiger partial charge in [-0.05, 0) is 18.1 Å². The third-order valence-corrected chi connectivity index (χ3v) is 2.56. The van der Waals surface area contributed by atoms with Crippen molar-refractivity contribution in [2.45, 2.75) is 25.9 Å². The van der Waals surface area contributed by atoms with Gasteiger partial charge in [-0.15, -0.1) is 0 Å². The fourth-order valence-corrected chi connectivity index (χ4v) is 1.80. The molecule has 1 aliphatic rings. The minimum absolute atomic E-state index is 0.275. The van der Waals surface area contributed by atoms with Crippen LogP contribution < -0.4 is 0 Å². The van der Waals surface area contributed by atoms with Crippen LogP contribution in [0.25, 0.3) is 0 Å². The van der Waals surface area contributed by atoms with Gasteiger partial charge in [0, 0.05) is 5.92 Å². The molecule has 0 saturated carbocycles. The van der Waals surface area contributed by atoms with Crippen LogP contribution in [0.1, 0.15) is 37.0 Å². The Labute approximate surface area is 73.4 Å². The predicted molar refractivity (Wildman–Crippen MR) is 49.2 cm³/mol. The average molecular weight is 162 g/mol. The van der Waals surface area contributed by atoms with Crippen molar-refractivity contribution in [3.05, 3.63) is 35.4 Å². The van der Waals surface area contributed by atoms with Crippen LogP contribution in [-0.2, 0) is 4.74 Å². The molecular formula is C11H14O. The van der Waals surface area contributed by atoms with Gasteiger partial charge in [-0.25, -0.2) is 0 Å². The van der Waals surface area contributed by atoms with Crippen LogP contribution in [0.2, 0.25) is 0 Å². The zero-order chi connectivity index (χ0) is 8.55. The van der Waals surface area contributed by atoms with Crippen molar-refractivity contribution in [3.8, 4) is 0 Å². The fourth-order valence-electron chi connectivity index (χ4n) is 1.80. The molecule has 0 saturated heterocycles. The Kier molecular flexibility index (Phi) is 1.89. The maximum atomic E-state index is 5.62. The van der Waals surface area contributed by atoms with Gasteiger partial charge in [0.1, 0.15) is 0 Å². The molecule has 1 heterocycles. The highest BCUT2D eigenvalue weighted by atomic mass is 16.5. The summed E-state index contributed by atoms with van der Waals surface area (Å²) in [6.45, 7) is 5.19. The zero-order valence-electron chi connectivity index (χ0n) is 7.58. The summed E-state index contributed by atoms with van der Waals surface area (Å²) in [7, 11) is 0. The summed E-state index contributed by atoms with van der Waals surface area (Å²) in [6, 6.07) is 8.55. The molecule has 0 bridgehead atoms. The van der Waals surface area contributed by atoms with Crippen molar-refractivity contribution in [1.29, 1.82) is 0 Å². The van der Waals surface area contributed by atoms with Crippen LogP contribution in [0.4, 0.5) is 0 Å². The van der Waals surface area contributed by atoms with Crippen molar-refractivity contribution in [3.63, 3.8) is 0 Å². The summed E-state index contributed by atoms with van der Waals surface area (Å²) in [6.07, 6.45) is 0.275. The molecule has 0 unspecified atom stereocenters. The molecule has 2 rings (SSSR count). The van der Waals surface area contributed by atoms with Gasteiger partial charge < -0.3 is 4.74 Å². The van der Waals surface area contributed by atoms with Gasteiger partial charge in [0.2, 0.25) is 0 Å². The quantitative estimate of drug-likeness (QED) is 0.570. The highest BCUT2D eigenvalue weighted by Crippen LogP contribution is 2.32. The molecule has 1 aromatic rings. The molecule has 1 nitrogen and oxygen atoms in total. The van der Waals surface area contributed by atoms with E-state index in [9.17, 15) is 0 Å². The lowest BCUT2D eigenvalue weighted by molar-refractivity contribution is 0.0429. The van der Waals surface area contributed by atoms with Gasteiger partial charge in [0.25, 0.3) is 0 Å². The third-order valence-electron chi connectivity index (χ3n) is 2.56. The molecule has 0 aromatic heterocycles. The fraction of sp³-hybridized carbons (Fsp3) is 0.455. The number of ether oxygens (including phenoxy) is 1. The SMILES string of the molecule is C[C@@H]1OC[C@H](C)c2ccccc21. The molecule has 1 heteroatoms. The first-order valence-electron chi connectivity index (χ1n) is 4.49. The summed E-state index contributed by atoms with van der Waals surface area (Å²) < 4.78 is 5.62. The monoisotopic (exact) mass is 162 g/mol. The molecule has 1 aliphatic heterocycles. The largest absolute Gasteiger partial charge is 0.373 e. The Balaban J connectivity index is 2.47. The Morgan fingerprint density at radius 2 is 1.83 bits per heavy atom. The third kappa shape index (κ3) is 1.14. The highest BCUT2D eigenvalue weighted by molar-refractivity contribution is 5.33. The average Bonchev–Trinajstić information content (AvgIpc) is 2.12. The first-order valence-corrected chi connectivity index (χ1v) is 4.49. The number of benzene rings is 1. The lowest BCUT2D eigenvalue weighted by atomic mass is 9.91. The van der Waals surface area contributed by atoms with E-state index in [4.69, 9.17) is 4.74 Å². The van der Waals surface area contributed by atoms with Gasteiger partial charge in [-0.2, -0.15) is 0 Å². The van der Waals surface area contributed by atoms with Crippen LogP contribution in [0.15, 0.2) is 24.3 Å². The van der Waals surface area contributed by atoms with Gasteiger partial charge in [0.05, 0.1) is 12.7 Å². The predicted octanol–water partition coefficient (Wildman–Crippen LogP) is 2.88. The molecule has 1 aromatic carbocycles. The summed E-state index contributed by atoms with van der Waals surface area (Å²) in [4.78, 5) is 0. The molecule has 12 heavy (non-hydrogen) atoms. The van der Waals surface area contributed by atoms with Gasteiger partial charge >= 0.3 is 0 Å². The van der Waals surface area contributed by atoms with Crippen LogP contribution in [-0.4, -0.2) is 6.61 Å². The molecule has 0 spiro atoms. The van der Waals surface area contributed by atoms with E-state index in [-0.39, 0.29) is 6.10 Å². The van der Waals surface area contributed by atoms with Crippen molar-refractivity contribution >= 4 is 0 Å². The van der Waals surface area contributed by atoms with E-state index in [1.54, 1.807) is 0 Å². The maximum Gasteiger partial charge on any atom is 0.0799 e. The van der Waals surface area contributed by atoms with Crippen LogP contribution in [0, 0.1) is 0 Å². The number of hydrogen-bond acceptors (Lipinski definition) is 1. The second kappa shape index (κ2) is 2.91. The van der Waals surface area contributed by atoms with E-state index < -0.39 is 0 Å². The van der Waals surface area contributed by atoms with Gasteiger partial charge in [-0.1, -0.05) is 31.2 Å². The van der Waals surface area contributed by atoms with E-state index in [1.807, 2.05) is 0 Å². The standard InChI is InChI=1S/C11H14O/c1-8-7-12-9(2)11-6-4-3-5-10(8)11/h3-6,8-9H,7H2,1-2H3/t8-,9-/m0/s1. The molecular weight excluding hydrogens is 148 g/mol. The first-order chi connectivity index (χ1) is 5.79. The summed E-state index contributed by atoms with van der Waals surface area (Å²) in [5, 5.41) is 0. The first kappa shape index (κ1) is 7.81. The maximum absolute atomic E-state index is 5.62. The molecule has 2 atom stereocenters. The topological polar surface area (TPSA) is 9.23 Å². The molecule has 0 radical (unpaired) electrons. The molecule has 0 N–H and O–H groups in total. The van der Waals surface area contributed by atoms with Crippen LogP contribution >= 0.6 is 0 Å². The molecule has 0 aliphatic carbocycles. The van der Waals surface area contributed by atoms with Crippen molar-refractivity contribution in [2.24, 2.45) is 0 Å². The second-order valence-electron chi connectivity index (χ2n) is 3.51. The number of hydrogen-bond donors (Lipinski definition) is 0. The number of rotatable bonds is 0. The van der Waals surface area contributed by atoms with E-state index in [0.717, 1.165) is 6.61 Å². The normalized spacial score (nSPS) is 28.2. The second-order valence-corrected chi connectivity index (χ2v) is 3.51. The molecule has 0 amide bonds. The van der Waals surface area contributed by atoms with E-state index in [1.165, 1.54) is 11.1 Å². The van der Waals surface area contributed by atoms with Gasteiger partial charge in [-0.3, -0.25) is 0 Å². The van der Waals surface area contributed by atoms with Crippen molar-refractivity contribution in [1.82, 2.24) is 0 Å². The molecule has 64 valence electrons. The van der Waals surface area contributed by atoms with E-state index in [0.29, 0.717) is 5.92 Å². The smallest absolute Gasteiger partial charge is 0.0799 e. The Hall–Kier alpha value is -0.820.